The molecule has 3 aromatic rings. The second-order valence-electron chi connectivity index (χ2n) is 7.35. The van der Waals surface area contributed by atoms with Gasteiger partial charge in [-0.25, -0.2) is 4.98 Å². The monoisotopic (exact) mass is 386 g/mol. The summed E-state index contributed by atoms with van der Waals surface area (Å²) in [6, 6.07) is 21.7. The fourth-order valence-electron chi connectivity index (χ4n) is 3.61. The Morgan fingerprint density at radius 2 is 1.59 bits per heavy atom. The van der Waals surface area contributed by atoms with Crippen molar-refractivity contribution in [1.29, 1.82) is 0 Å². The van der Waals surface area contributed by atoms with Crippen LogP contribution in [0.4, 0.5) is 22.7 Å². The van der Waals surface area contributed by atoms with Crippen LogP contribution in [0.2, 0.25) is 0 Å². The molecule has 4 rings (SSSR count). The van der Waals surface area contributed by atoms with Gasteiger partial charge in [-0.2, -0.15) is 0 Å². The van der Waals surface area contributed by atoms with Crippen molar-refractivity contribution in [2.45, 2.75) is 19.3 Å². The molecule has 1 fully saturated rings. The van der Waals surface area contributed by atoms with E-state index >= 15 is 0 Å². The molecule has 5 heteroatoms. The van der Waals surface area contributed by atoms with Gasteiger partial charge in [0.15, 0.2) is 0 Å². The average Bonchev–Trinajstić information content (AvgIpc) is 2.80. The number of piperidine rings is 1. The lowest BCUT2D eigenvalue weighted by atomic mass is 10.1. The summed E-state index contributed by atoms with van der Waals surface area (Å²) < 4.78 is 0. The summed E-state index contributed by atoms with van der Waals surface area (Å²) in [7, 11) is 1.76. The van der Waals surface area contributed by atoms with Crippen molar-refractivity contribution in [2.75, 3.05) is 35.3 Å². The first-order valence-electron chi connectivity index (χ1n) is 10.1. The molecule has 1 aliphatic heterocycles. The molecule has 0 unspecified atom stereocenters. The second kappa shape index (κ2) is 8.78. The van der Waals surface area contributed by atoms with Crippen LogP contribution >= 0.6 is 0 Å². The molecular formula is C24H26N4O. The first kappa shape index (κ1) is 19.0. The molecule has 0 spiro atoms. The Balaban J connectivity index is 1.39. The van der Waals surface area contributed by atoms with Gasteiger partial charge >= 0.3 is 0 Å². The van der Waals surface area contributed by atoms with Gasteiger partial charge < -0.3 is 15.1 Å². The van der Waals surface area contributed by atoms with Crippen LogP contribution in [0.25, 0.3) is 0 Å². The molecule has 5 nitrogen and oxygen atoms in total. The van der Waals surface area contributed by atoms with Crippen molar-refractivity contribution in [1.82, 2.24) is 4.98 Å². The van der Waals surface area contributed by atoms with Gasteiger partial charge in [-0.3, -0.25) is 4.79 Å². The van der Waals surface area contributed by atoms with E-state index in [0.717, 1.165) is 30.2 Å². The number of amides is 1. The first-order valence-corrected chi connectivity index (χ1v) is 10.1. The van der Waals surface area contributed by atoms with Gasteiger partial charge in [0.1, 0.15) is 5.69 Å². The van der Waals surface area contributed by atoms with Crippen molar-refractivity contribution in [3.63, 3.8) is 0 Å². The lowest BCUT2D eigenvalue weighted by molar-refractivity contribution is 0.0988. The van der Waals surface area contributed by atoms with Gasteiger partial charge in [0, 0.05) is 37.2 Å². The smallest absolute Gasteiger partial charge is 0.276 e. The minimum Gasteiger partial charge on any atom is -0.372 e. The SMILES string of the molecule is CN(C(=O)c1ccc(Nc2ccc(N3CCCCC3)cc2)cn1)c1ccccc1. The Bertz CT molecular complexity index is 933. The number of para-hydroxylation sites is 1. The molecule has 0 radical (unpaired) electrons. The van der Waals surface area contributed by atoms with Crippen molar-refractivity contribution in [3.8, 4) is 0 Å². The summed E-state index contributed by atoms with van der Waals surface area (Å²) in [5, 5.41) is 3.36. The number of rotatable bonds is 5. The molecule has 0 saturated carbocycles. The van der Waals surface area contributed by atoms with Gasteiger partial charge in [0.05, 0.1) is 11.9 Å². The highest BCUT2D eigenvalue weighted by atomic mass is 16.2. The van der Waals surface area contributed by atoms with E-state index < -0.39 is 0 Å². The predicted octanol–water partition coefficient (Wildman–Crippen LogP) is 5.09. The van der Waals surface area contributed by atoms with Gasteiger partial charge in [-0.15, -0.1) is 0 Å². The van der Waals surface area contributed by atoms with Crippen LogP contribution in [-0.4, -0.2) is 31.0 Å². The molecule has 1 saturated heterocycles. The van der Waals surface area contributed by atoms with Crippen molar-refractivity contribution >= 4 is 28.7 Å². The quantitative estimate of drug-likeness (QED) is 0.663. The molecule has 29 heavy (non-hydrogen) atoms. The largest absolute Gasteiger partial charge is 0.372 e. The van der Waals surface area contributed by atoms with E-state index in [1.807, 2.05) is 36.4 Å². The van der Waals surface area contributed by atoms with Crippen LogP contribution < -0.4 is 15.1 Å². The van der Waals surface area contributed by atoms with Crippen LogP contribution in [0.15, 0.2) is 72.9 Å². The average molecular weight is 386 g/mol. The lowest BCUT2D eigenvalue weighted by Gasteiger charge is -2.28. The molecule has 0 bridgehead atoms. The summed E-state index contributed by atoms with van der Waals surface area (Å²) in [5.41, 5.74) is 4.40. The Morgan fingerprint density at radius 3 is 2.24 bits per heavy atom. The highest BCUT2D eigenvalue weighted by Gasteiger charge is 2.14. The van der Waals surface area contributed by atoms with Gasteiger partial charge in [-0.1, -0.05) is 18.2 Å². The molecule has 2 heterocycles. The topological polar surface area (TPSA) is 48.5 Å². The number of nitrogens with one attached hydrogen (secondary N) is 1. The van der Waals surface area contributed by atoms with Crippen molar-refractivity contribution < 1.29 is 4.79 Å². The van der Waals surface area contributed by atoms with E-state index in [1.165, 1.54) is 24.9 Å². The fraction of sp³-hybridized carbons (Fsp3) is 0.250. The van der Waals surface area contributed by atoms with E-state index in [1.54, 1.807) is 24.2 Å². The van der Waals surface area contributed by atoms with Crippen LogP contribution in [-0.2, 0) is 0 Å². The second-order valence-corrected chi connectivity index (χ2v) is 7.35. The molecule has 1 amide bonds. The third-order valence-electron chi connectivity index (χ3n) is 5.31. The van der Waals surface area contributed by atoms with E-state index in [0.29, 0.717) is 5.69 Å². The normalized spacial score (nSPS) is 13.8. The Labute approximate surface area is 172 Å². The summed E-state index contributed by atoms with van der Waals surface area (Å²) in [5.74, 6) is -0.131. The zero-order valence-electron chi connectivity index (χ0n) is 16.7. The zero-order chi connectivity index (χ0) is 20.1. The van der Waals surface area contributed by atoms with Crippen LogP contribution in [0, 0.1) is 0 Å². The number of hydrogen-bond acceptors (Lipinski definition) is 4. The van der Waals surface area contributed by atoms with Gasteiger partial charge in [0.2, 0.25) is 0 Å². The van der Waals surface area contributed by atoms with Crippen LogP contribution in [0.5, 0.6) is 0 Å². The number of nitrogens with zero attached hydrogens (tertiary/aromatic N) is 3. The number of hydrogen-bond donors (Lipinski definition) is 1. The lowest BCUT2D eigenvalue weighted by Crippen LogP contribution is -2.29. The van der Waals surface area contributed by atoms with Crippen molar-refractivity contribution in [3.05, 3.63) is 78.6 Å². The predicted molar refractivity (Wildman–Crippen MR) is 119 cm³/mol. The summed E-state index contributed by atoms with van der Waals surface area (Å²) in [4.78, 5) is 21.0. The zero-order valence-corrected chi connectivity index (χ0v) is 16.7. The number of aromatic nitrogens is 1. The van der Waals surface area contributed by atoms with Gasteiger partial charge in [0.25, 0.3) is 5.91 Å². The highest BCUT2D eigenvalue weighted by Crippen LogP contribution is 2.24. The maximum Gasteiger partial charge on any atom is 0.276 e. The number of pyridine rings is 1. The third kappa shape index (κ3) is 4.57. The van der Waals surface area contributed by atoms with Gasteiger partial charge in [-0.05, 0) is 67.8 Å². The van der Waals surface area contributed by atoms with E-state index in [-0.39, 0.29) is 5.91 Å². The molecule has 0 aliphatic carbocycles. The van der Waals surface area contributed by atoms with Crippen LogP contribution in [0.3, 0.4) is 0 Å². The maximum atomic E-state index is 12.6. The molecule has 1 N–H and O–H groups in total. The summed E-state index contributed by atoms with van der Waals surface area (Å²) in [6.07, 6.45) is 5.58. The number of anilines is 4. The fourth-order valence-corrected chi connectivity index (χ4v) is 3.61. The Kier molecular flexibility index (Phi) is 5.75. The number of benzene rings is 2. The number of carbonyl (C=O) groups is 1. The van der Waals surface area contributed by atoms with E-state index in [4.69, 9.17) is 0 Å². The number of carbonyl (C=O) groups excluding carboxylic acids is 1. The van der Waals surface area contributed by atoms with Crippen molar-refractivity contribution in [2.24, 2.45) is 0 Å². The summed E-state index contributed by atoms with van der Waals surface area (Å²) >= 11 is 0. The maximum absolute atomic E-state index is 12.6. The third-order valence-corrected chi connectivity index (χ3v) is 5.31. The highest BCUT2D eigenvalue weighted by molar-refractivity contribution is 6.04. The standard InChI is InChI=1S/C24H26N4O/c1-27(21-8-4-2-5-9-21)24(29)23-15-12-20(18-25-23)26-19-10-13-22(14-11-19)28-16-6-3-7-17-28/h2,4-5,8-15,18,26H,3,6-7,16-17H2,1H3. The minimum absolute atomic E-state index is 0.131. The molecule has 148 valence electrons. The minimum atomic E-state index is -0.131. The van der Waals surface area contributed by atoms with E-state index in [2.05, 4.69) is 39.5 Å². The molecule has 2 aromatic carbocycles. The molecule has 1 aromatic heterocycles. The molecule has 1 aliphatic rings. The summed E-state index contributed by atoms with van der Waals surface area (Å²) in [6.45, 7) is 2.28. The Hall–Kier alpha value is -3.34. The first-order chi connectivity index (χ1) is 14.2. The molecule has 0 atom stereocenters. The van der Waals surface area contributed by atoms with Crippen LogP contribution in [0.1, 0.15) is 29.8 Å². The Morgan fingerprint density at radius 1 is 0.897 bits per heavy atom. The van der Waals surface area contributed by atoms with E-state index in [9.17, 15) is 4.79 Å². The molecular weight excluding hydrogens is 360 g/mol.